The predicted octanol–water partition coefficient (Wildman–Crippen LogP) is 3.34. The molecule has 0 aliphatic heterocycles. The van der Waals surface area contributed by atoms with E-state index in [1.54, 1.807) is 24.3 Å². The van der Waals surface area contributed by atoms with Crippen molar-refractivity contribution in [1.82, 2.24) is 15.0 Å². The first-order chi connectivity index (χ1) is 10.0. The van der Waals surface area contributed by atoms with Gasteiger partial charge in [0.15, 0.2) is 10.8 Å². The summed E-state index contributed by atoms with van der Waals surface area (Å²) < 4.78 is 0.894. The quantitative estimate of drug-likeness (QED) is 0.731. The van der Waals surface area contributed by atoms with Gasteiger partial charge in [-0.25, -0.2) is 4.98 Å². The first-order valence-electron chi connectivity index (χ1n) is 6.06. The van der Waals surface area contributed by atoms with Gasteiger partial charge in [0.25, 0.3) is 5.56 Å². The fraction of sp³-hybridized carbons (Fsp3) is 0.0714. The van der Waals surface area contributed by atoms with Gasteiger partial charge >= 0.3 is 0 Å². The number of aromatic hydroxyl groups is 1. The maximum atomic E-state index is 12.2. The molecular formula is C14H10BrN3O2S. The third-order valence-electron chi connectivity index (χ3n) is 2.85. The van der Waals surface area contributed by atoms with Crippen molar-refractivity contribution in [3.8, 4) is 27.8 Å². The van der Waals surface area contributed by atoms with Gasteiger partial charge in [-0.1, -0.05) is 28.1 Å². The summed E-state index contributed by atoms with van der Waals surface area (Å²) in [5.74, 6) is -0.0274. The number of aromatic nitrogens is 3. The largest absolute Gasteiger partial charge is 0.493 e. The Bertz CT molecular complexity index is 855. The van der Waals surface area contributed by atoms with Crippen molar-refractivity contribution in [3.63, 3.8) is 0 Å². The monoisotopic (exact) mass is 363 g/mol. The molecule has 0 unspecified atom stereocenters. The van der Waals surface area contributed by atoms with Crippen molar-refractivity contribution in [1.29, 1.82) is 0 Å². The lowest BCUT2D eigenvalue weighted by atomic mass is 10.1. The number of nitrogens with one attached hydrogen (secondary N) is 1. The highest BCUT2D eigenvalue weighted by Gasteiger charge is 2.15. The fourth-order valence-electron chi connectivity index (χ4n) is 1.90. The topological polar surface area (TPSA) is 78.9 Å². The molecule has 0 aliphatic carbocycles. The molecule has 3 rings (SSSR count). The predicted molar refractivity (Wildman–Crippen MR) is 85.5 cm³/mol. The Morgan fingerprint density at radius 1 is 1.24 bits per heavy atom. The minimum absolute atomic E-state index is 0.152. The van der Waals surface area contributed by atoms with E-state index in [-0.39, 0.29) is 17.3 Å². The lowest BCUT2D eigenvalue weighted by molar-refractivity contribution is 0.454. The van der Waals surface area contributed by atoms with Gasteiger partial charge in [-0.2, -0.15) is 4.98 Å². The van der Waals surface area contributed by atoms with E-state index in [4.69, 9.17) is 0 Å². The summed E-state index contributed by atoms with van der Waals surface area (Å²) in [6.45, 7) is 1.86. The molecule has 3 aromatic rings. The van der Waals surface area contributed by atoms with E-state index in [0.717, 1.165) is 10.2 Å². The van der Waals surface area contributed by atoms with Crippen LogP contribution in [0.25, 0.3) is 22.0 Å². The average Bonchev–Trinajstić information content (AvgIpc) is 2.87. The molecule has 0 radical (unpaired) electrons. The molecule has 1 aromatic carbocycles. The normalized spacial score (nSPS) is 10.8. The molecule has 0 bridgehead atoms. The van der Waals surface area contributed by atoms with Crippen LogP contribution in [0, 0.1) is 6.92 Å². The molecule has 0 saturated carbocycles. The number of aryl methyl sites for hydroxylation is 1. The van der Waals surface area contributed by atoms with Gasteiger partial charge in [-0.3, -0.25) is 4.79 Å². The lowest BCUT2D eigenvalue weighted by Crippen LogP contribution is -2.12. The average molecular weight is 364 g/mol. The van der Waals surface area contributed by atoms with Crippen LogP contribution in [0.4, 0.5) is 0 Å². The third-order valence-corrected chi connectivity index (χ3v) is 4.35. The molecular weight excluding hydrogens is 354 g/mol. The number of thiazole rings is 1. The van der Waals surface area contributed by atoms with E-state index in [1.807, 2.05) is 12.3 Å². The lowest BCUT2D eigenvalue weighted by Gasteiger charge is -2.05. The van der Waals surface area contributed by atoms with E-state index in [9.17, 15) is 9.90 Å². The first-order valence-corrected chi connectivity index (χ1v) is 7.73. The summed E-state index contributed by atoms with van der Waals surface area (Å²) in [7, 11) is 0. The molecule has 0 fully saturated rings. The summed E-state index contributed by atoms with van der Waals surface area (Å²) >= 11 is 4.69. The smallest absolute Gasteiger partial charge is 0.263 e. The Kier molecular flexibility index (Phi) is 3.60. The van der Waals surface area contributed by atoms with Gasteiger partial charge in [0, 0.05) is 15.5 Å². The van der Waals surface area contributed by atoms with Crippen molar-refractivity contribution in [3.05, 3.63) is 50.2 Å². The second-order valence-electron chi connectivity index (χ2n) is 4.41. The zero-order valence-corrected chi connectivity index (χ0v) is 13.3. The van der Waals surface area contributed by atoms with E-state index in [2.05, 4.69) is 30.9 Å². The highest BCUT2D eigenvalue weighted by molar-refractivity contribution is 9.10. The summed E-state index contributed by atoms with van der Waals surface area (Å²) in [5.41, 5.74) is 1.20. The Labute approximate surface area is 132 Å². The molecule has 7 heteroatoms. The summed E-state index contributed by atoms with van der Waals surface area (Å²) in [6.07, 6.45) is 0. The minimum atomic E-state index is -0.396. The highest BCUT2D eigenvalue weighted by atomic mass is 79.9. The van der Waals surface area contributed by atoms with E-state index in [1.165, 1.54) is 11.3 Å². The number of nitrogens with zero attached hydrogens (tertiary/aromatic N) is 2. The van der Waals surface area contributed by atoms with E-state index < -0.39 is 5.56 Å². The van der Waals surface area contributed by atoms with Gasteiger partial charge in [0.1, 0.15) is 5.56 Å². The van der Waals surface area contributed by atoms with Crippen molar-refractivity contribution >= 4 is 27.3 Å². The van der Waals surface area contributed by atoms with Crippen LogP contribution in [-0.4, -0.2) is 20.1 Å². The van der Waals surface area contributed by atoms with Crippen LogP contribution in [0.1, 0.15) is 5.69 Å². The Balaban J connectivity index is 2.12. The Morgan fingerprint density at radius 2 is 1.95 bits per heavy atom. The summed E-state index contributed by atoms with van der Waals surface area (Å²) in [4.78, 5) is 23.2. The van der Waals surface area contributed by atoms with Crippen molar-refractivity contribution in [2.75, 3.05) is 0 Å². The Hall–Kier alpha value is -1.99. The van der Waals surface area contributed by atoms with Crippen LogP contribution < -0.4 is 5.56 Å². The van der Waals surface area contributed by atoms with Crippen LogP contribution in [0.3, 0.4) is 0 Å². The van der Waals surface area contributed by atoms with Crippen LogP contribution in [0.15, 0.2) is 38.9 Å². The molecule has 0 atom stereocenters. The third kappa shape index (κ3) is 2.74. The standard InChI is InChI=1S/C14H10BrN3O2S/c1-7-6-21-14(16-7)11-17-12(19)10(13(20)18-11)8-2-4-9(15)5-3-8/h2-6H,1H3,(H2,17,18,19,20). The van der Waals surface area contributed by atoms with Gasteiger partial charge < -0.3 is 10.1 Å². The number of H-pyrrole nitrogens is 1. The van der Waals surface area contributed by atoms with Crippen LogP contribution in [-0.2, 0) is 0 Å². The molecule has 0 spiro atoms. The number of halogens is 1. The molecule has 0 amide bonds. The highest BCUT2D eigenvalue weighted by Crippen LogP contribution is 2.27. The molecule has 2 heterocycles. The number of hydrogen-bond donors (Lipinski definition) is 2. The van der Waals surface area contributed by atoms with Gasteiger partial charge in [0.05, 0.1) is 0 Å². The maximum Gasteiger partial charge on any atom is 0.263 e. The number of benzene rings is 1. The van der Waals surface area contributed by atoms with Gasteiger partial charge in [-0.05, 0) is 24.6 Å². The maximum absolute atomic E-state index is 12.2. The molecule has 5 nitrogen and oxygen atoms in total. The molecule has 2 N–H and O–H groups in total. The molecule has 0 saturated heterocycles. The van der Waals surface area contributed by atoms with Crippen LogP contribution in [0.2, 0.25) is 0 Å². The summed E-state index contributed by atoms with van der Waals surface area (Å²) in [5, 5.41) is 12.5. The number of aromatic amines is 1. The second-order valence-corrected chi connectivity index (χ2v) is 6.19. The van der Waals surface area contributed by atoms with Crippen LogP contribution in [0.5, 0.6) is 5.88 Å². The molecule has 2 aromatic heterocycles. The zero-order chi connectivity index (χ0) is 15.0. The van der Waals surface area contributed by atoms with Crippen LogP contribution >= 0.6 is 27.3 Å². The minimum Gasteiger partial charge on any atom is -0.493 e. The van der Waals surface area contributed by atoms with Gasteiger partial charge in [0.2, 0.25) is 5.88 Å². The SMILES string of the molecule is Cc1csc(-c2nc(O)c(-c3ccc(Br)cc3)c(=O)[nH]2)n1. The van der Waals surface area contributed by atoms with Crippen molar-refractivity contribution < 1.29 is 5.11 Å². The first kappa shape index (κ1) is 14.0. The number of hydrogen-bond acceptors (Lipinski definition) is 5. The van der Waals surface area contributed by atoms with Crippen molar-refractivity contribution in [2.24, 2.45) is 0 Å². The molecule has 0 aliphatic rings. The number of rotatable bonds is 2. The van der Waals surface area contributed by atoms with E-state index in [0.29, 0.717) is 10.6 Å². The zero-order valence-electron chi connectivity index (χ0n) is 10.9. The van der Waals surface area contributed by atoms with E-state index >= 15 is 0 Å². The Morgan fingerprint density at radius 3 is 2.52 bits per heavy atom. The summed E-state index contributed by atoms with van der Waals surface area (Å²) in [6, 6.07) is 7.07. The molecule has 106 valence electrons. The van der Waals surface area contributed by atoms with Gasteiger partial charge in [-0.15, -0.1) is 11.3 Å². The van der Waals surface area contributed by atoms with Crippen molar-refractivity contribution in [2.45, 2.75) is 6.92 Å². The second kappa shape index (κ2) is 5.42. The molecule has 21 heavy (non-hydrogen) atoms. The fourth-order valence-corrected chi connectivity index (χ4v) is 2.91.